The quantitative estimate of drug-likeness (QED) is 0.566. The zero-order chi connectivity index (χ0) is 17.1. The number of phenolic OH excluding ortho intramolecular Hbond substituents is 1. The topological polar surface area (TPSA) is 68.9 Å². The van der Waals surface area contributed by atoms with Crippen molar-refractivity contribution < 1.29 is 23.8 Å². The van der Waals surface area contributed by atoms with Gasteiger partial charge in [-0.1, -0.05) is 24.3 Å². The summed E-state index contributed by atoms with van der Waals surface area (Å²) in [5.41, 5.74) is 1.33. The van der Waals surface area contributed by atoms with Gasteiger partial charge in [0.15, 0.2) is 17.3 Å². The fourth-order valence-corrected chi connectivity index (χ4v) is 2.37. The first-order valence-electron chi connectivity index (χ1n) is 7.28. The Hall–Kier alpha value is -3.21. The third kappa shape index (κ3) is 2.96. The highest BCUT2D eigenvalue weighted by atomic mass is 16.5. The summed E-state index contributed by atoms with van der Waals surface area (Å²) in [6.45, 7) is 0. The second-order valence-corrected chi connectivity index (χ2v) is 5.12. The average molecular weight is 324 g/mol. The molecule has 3 rings (SSSR count). The lowest BCUT2D eigenvalue weighted by atomic mass is 10.1. The van der Waals surface area contributed by atoms with Crippen LogP contribution in [0.5, 0.6) is 17.2 Å². The van der Waals surface area contributed by atoms with Crippen molar-refractivity contribution >= 4 is 22.8 Å². The molecule has 0 radical (unpaired) electrons. The Labute approximate surface area is 138 Å². The van der Waals surface area contributed by atoms with Crippen LogP contribution < -0.4 is 9.47 Å². The number of fused-ring (bicyclic) bond motifs is 1. The third-order valence-corrected chi connectivity index (χ3v) is 3.60. The molecule has 5 heteroatoms. The van der Waals surface area contributed by atoms with Crippen LogP contribution in [0.25, 0.3) is 17.0 Å². The largest absolute Gasteiger partial charge is 0.502 e. The summed E-state index contributed by atoms with van der Waals surface area (Å²) in [5, 5.41) is 10.8. The van der Waals surface area contributed by atoms with Gasteiger partial charge in [0.25, 0.3) is 0 Å². The molecule has 0 spiro atoms. The Balaban J connectivity index is 1.88. The van der Waals surface area contributed by atoms with Crippen LogP contribution in [0.2, 0.25) is 0 Å². The maximum absolute atomic E-state index is 12.3. The zero-order valence-corrected chi connectivity index (χ0v) is 13.3. The first-order valence-corrected chi connectivity index (χ1v) is 7.28. The first kappa shape index (κ1) is 15.7. The molecule has 1 heterocycles. The van der Waals surface area contributed by atoms with Gasteiger partial charge >= 0.3 is 0 Å². The standard InChI is InChI=1S/C19H16O5/c1-22-17-9-12(10-18(23-2)19(17)21)7-8-14(20)16-11-13-5-3-4-6-15(13)24-16/h3-11,21H,1-2H3/b8-7+. The molecule has 0 amide bonds. The lowest BCUT2D eigenvalue weighted by Gasteiger charge is -2.09. The third-order valence-electron chi connectivity index (χ3n) is 3.60. The normalized spacial score (nSPS) is 11.1. The van der Waals surface area contributed by atoms with Crippen LogP contribution in [0.4, 0.5) is 0 Å². The summed E-state index contributed by atoms with van der Waals surface area (Å²) >= 11 is 0. The molecule has 0 unspecified atom stereocenters. The number of carbonyl (C=O) groups excluding carboxylic acids is 1. The number of hydrogen-bond acceptors (Lipinski definition) is 5. The van der Waals surface area contributed by atoms with E-state index in [-0.39, 0.29) is 28.8 Å². The molecule has 0 fully saturated rings. The van der Waals surface area contributed by atoms with E-state index in [0.717, 1.165) is 5.39 Å². The van der Waals surface area contributed by atoms with Gasteiger partial charge in [-0.3, -0.25) is 4.79 Å². The van der Waals surface area contributed by atoms with Crippen LogP contribution in [0, 0.1) is 0 Å². The predicted octanol–water partition coefficient (Wildman–Crippen LogP) is 4.05. The van der Waals surface area contributed by atoms with Gasteiger partial charge in [-0.05, 0) is 35.9 Å². The number of ketones is 1. The maximum Gasteiger partial charge on any atom is 0.221 e. The minimum atomic E-state index is -0.253. The lowest BCUT2D eigenvalue weighted by molar-refractivity contribution is 0.102. The molecule has 5 nitrogen and oxygen atoms in total. The molecule has 3 aromatic rings. The molecule has 0 aliphatic rings. The number of methoxy groups -OCH3 is 2. The molecule has 0 saturated heterocycles. The number of benzene rings is 2. The van der Waals surface area contributed by atoms with E-state index in [1.165, 1.54) is 20.3 Å². The van der Waals surface area contributed by atoms with E-state index < -0.39 is 0 Å². The van der Waals surface area contributed by atoms with E-state index in [9.17, 15) is 9.90 Å². The molecule has 0 saturated carbocycles. The fourth-order valence-electron chi connectivity index (χ4n) is 2.37. The number of aromatic hydroxyl groups is 1. The van der Waals surface area contributed by atoms with E-state index in [4.69, 9.17) is 13.9 Å². The van der Waals surface area contributed by atoms with Gasteiger partial charge < -0.3 is 19.0 Å². The van der Waals surface area contributed by atoms with Crippen molar-refractivity contribution in [1.29, 1.82) is 0 Å². The van der Waals surface area contributed by atoms with Crippen molar-refractivity contribution in [2.24, 2.45) is 0 Å². The number of rotatable bonds is 5. The van der Waals surface area contributed by atoms with Crippen LogP contribution in [0.15, 0.2) is 53.0 Å². The van der Waals surface area contributed by atoms with Gasteiger partial charge in [-0.15, -0.1) is 0 Å². The van der Waals surface area contributed by atoms with Crippen LogP contribution in [0.1, 0.15) is 16.1 Å². The number of allylic oxidation sites excluding steroid dienone is 1. The van der Waals surface area contributed by atoms with Crippen molar-refractivity contribution in [1.82, 2.24) is 0 Å². The molecule has 0 aliphatic heterocycles. The monoisotopic (exact) mass is 324 g/mol. The van der Waals surface area contributed by atoms with Crippen LogP contribution in [-0.4, -0.2) is 25.1 Å². The van der Waals surface area contributed by atoms with Crippen molar-refractivity contribution in [2.45, 2.75) is 0 Å². The number of furan rings is 1. The molecule has 2 aromatic carbocycles. The van der Waals surface area contributed by atoms with Crippen molar-refractivity contribution in [3.05, 3.63) is 59.9 Å². The second-order valence-electron chi connectivity index (χ2n) is 5.12. The Kier molecular flexibility index (Phi) is 4.24. The molecule has 1 N–H and O–H groups in total. The van der Waals surface area contributed by atoms with Gasteiger partial charge in [0.2, 0.25) is 11.5 Å². The highest BCUT2D eigenvalue weighted by Crippen LogP contribution is 2.37. The highest BCUT2D eigenvalue weighted by Gasteiger charge is 2.12. The Morgan fingerprint density at radius 1 is 1.08 bits per heavy atom. The summed E-state index contributed by atoms with van der Waals surface area (Å²) in [7, 11) is 2.89. The Morgan fingerprint density at radius 2 is 1.75 bits per heavy atom. The van der Waals surface area contributed by atoms with Crippen molar-refractivity contribution in [2.75, 3.05) is 14.2 Å². The maximum atomic E-state index is 12.3. The summed E-state index contributed by atoms with van der Waals surface area (Å²) in [4.78, 5) is 12.3. The number of para-hydroxylation sites is 1. The zero-order valence-electron chi connectivity index (χ0n) is 13.3. The predicted molar refractivity (Wildman–Crippen MR) is 90.8 cm³/mol. The summed E-state index contributed by atoms with van der Waals surface area (Å²) in [5.74, 6) is 0.471. The Morgan fingerprint density at radius 3 is 2.38 bits per heavy atom. The number of ether oxygens (including phenoxy) is 2. The van der Waals surface area contributed by atoms with E-state index in [2.05, 4.69) is 0 Å². The smallest absolute Gasteiger partial charge is 0.221 e. The first-order chi connectivity index (χ1) is 11.6. The molecule has 0 bridgehead atoms. The van der Waals surface area contributed by atoms with Gasteiger partial charge in [-0.2, -0.15) is 0 Å². The van der Waals surface area contributed by atoms with Crippen LogP contribution in [0.3, 0.4) is 0 Å². The number of carbonyl (C=O) groups is 1. The number of hydrogen-bond donors (Lipinski definition) is 1. The van der Waals surface area contributed by atoms with Gasteiger partial charge in [0.05, 0.1) is 14.2 Å². The van der Waals surface area contributed by atoms with Gasteiger partial charge in [0.1, 0.15) is 5.58 Å². The molecule has 1 aromatic heterocycles. The van der Waals surface area contributed by atoms with Crippen LogP contribution in [-0.2, 0) is 0 Å². The molecule has 24 heavy (non-hydrogen) atoms. The Bertz CT molecular complexity index is 862. The lowest BCUT2D eigenvalue weighted by Crippen LogP contribution is -1.92. The van der Waals surface area contributed by atoms with Gasteiger partial charge in [0, 0.05) is 5.39 Å². The van der Waals surface area contributed by atoms with Gasteiger partial charge in [-0.25, -0.2) is 0 Å². The summed E-state index contributed by atoms with van der Waals surface area (Å²) in [6.07, 6.45) is 3.02. The second kappa shape index (κ2) is 6.50. The van der Waals surface area contributed by atoms with E-state index in [0.29, 0.717) is 11.1 Å². The molecule has 0 atom stereocenters. The number of phenols is 1. The average Bonchev–Trinajstić information content (AvgIpc) is 3.04. The summed E-state index contributed by atoms with van der Waals surface area (Å²) in [6, 6.07) is 12.4. The minimum absolute atomic E-state index is 0.0826. The minimum Gasteiger partial charge on any atom is -0.502 e. The summed E-state index contributed by atoms with van der Waals surface area (Å²) < 4.78 is 15.7. The fraction of sp³-hybridized carbons (Fsp3) is 0.105. The SMILES string of the molecule is COc1cc(/C=C/C(=O)c2cc3ccccc3o2)cc(OC)c1O. The molecule has 122 valence electrons. The van der Waals surface area contributed by atoms with Crippen molar-refractivity contribution in [3.63, 3.8) is 0 Å². The molecule has 0 aliphatic carbocycles. The van der Waals surface area contributed by atoms with E-state index in [1.54, 1.807) is 24.3 Å². The molecular weight excluding hydrogens is 308 g/mol. The van der Waals surface area contributed by atoms with E-state index in [1.807, 2.05) is 24.3 Å². The molecular formula is C19H16O5. The van der Waals surface area contributed by atoms with E-state index >= 15 is 0 Å². The van der Waals surface area contributed by atoms with Crippen LogP contribution >= 0.6 is 0 Å². The highest BCUT2D eigenvalue weighted by molar-refractivity contribution is 6.07. The van der Waals surface area contributed by atoms with Crippen molar-refractivity contribution in [3.8, 4) is 17.2 Å².